The number of nitrogens with one attached hydrogen (secondary N) is 2. The van der Waals surface area contributed by atoms with Crippen LogP contribution < -0.4 is 16.6 Å². The maximum atomic E-state index is 12.4. The highest BCUT2D eigenvalue weighted by Gasteiger charge is 2.52. The third-order valence-corrected chi connectivity index (χ3v) is 6.09. The van der Waals surface area contributed by atoms with E-state index in [4.69, 9.17) is 14.2 Å². The van der Waals surface area contributed by atoms with Gasteiger partial charge in [0.15, 0.2) is 5.79 Å². The lowest BCUT2D eigenvalue weighted by Crippen LogP contribution is -2.54. The van der Waals surface area contributed by atoms with Gasteiger partial charge in [-0.05, 0) is 39.2 Å². The van der Waals surface area contributed by atoms with Crippen molar-refractivity contribution in [2.45, 2.75) is 70.2 Å². The van der Waals surface area contributed by atoms with Gasteiger partial charge in [0, 0.05) is 25.2 Å². The van der Waals surface area contributed by atoms with E-state index in [9.17, 15) is 14.4 Å². The second kappa shape index (κ2) is 9.62. The Morgan fingerprint density at radius 1 is 1.15 bits per heavy atom. The summed E-state index contributed by atoms with van der Waals surface area (Å²) in [5.41, 5.74) is 1.45. The van der Waals surface area contributed by atoms with E-state index in [0.29, 0.717) is 6.42 Å². The van der Waals surface area contributed by atoms with Crippen molar-refractivity contribution < 1.29 is 19.0 Å². The molecule has 2 aliphatic rings. The maximum Gasteiger partial charge on any atom is 0.328 e. The lowest BCUT2D eigenvalue weighted by molar-refractivity contribution is -0.153. The fourth-order valence-electron chi connectivity index (χ4n) is 4.43. The Hall–Kier alpha value is -2.75. The number of fused-ring (bicyclic) bond motifs is 1. The smallest absolute Gasteiger partial charge is 0.328 e. The molecule has 2 saturated heterocycles. The average molecular weight is 458 g/mol. The van der Waals surface area contributed by atoms with Gasteiger partial charge in [0.2, 0.25) is 5.91 Å². The Balaban J connectivity index is 1.34. The molecule has 178 valence electrons. The minimum absolute atomic E-state index is 0.0422. The van der Waals surface area contributed by atoms with Crippen LogP contribution in [-0.2, 0) is 25.4 Å². The zero-order valence-corrected chi connectivity index (χ0v) is 19.2. The SMILES string of the molecule is Cc1ccc(CCCC(=O)NC[C@H]2OC[C@@H](n3ccc(=O)[nH]c3=O)[C@@H]3OC(C)(C)O[C@@H]32)cc1. The van der Waals surface area contributed by atoms with Gasteiger partial charge in [0.05, 0.1) is 12.6 Å². The summed E-state index contributed by atoms with van der Waals surface area (Å²) < 4.78 is 19.6. The van der Waals surface area contributed by atoms with Gasteiger partial charge in [0.1, 0.15) is 18.3 Å². The molecule has 0 bridgehead atoms. The highest BCUT2D eigenvalue weighted by Crippen LogP contribution is 2.39. The van der Waals surface area contributed by atoms with Crippen molar-refractivity contribution in [2.75, 3.05) is 13.2 Å². The van der Waals surface area contributed by atoms with E-state index >= 15 is 0 Å². The Bertz CT molecular complexity index is 1090. The predicted molar refractivity (Wildman–Crippen MR) is 121 cm³/mol. The van der Waals surface area contributed by atoms with Gasteiger partial charge in [-0.2, -0.15) is 0 Å². The van der Waals surface area contributed by atoms with E-state index in [1.54, 1.807) is 13.8 Å². The van der Waals surface area contributed by atoms with Crippen LogP contribution in [0.5, 0.6) is 0 Å². The van der Waals surface area contributed by atoms with E-state index in [-0.39, 0.29) is 19.1 Å². The number of benzene rings is 1. The molecule has 9 nitrogen and oxygen atoms in total. The third kappa shape index (κ3) is 5.61. The molecule has 0 spiro atoms. The first-order chi connectivity index (χ1) is 15.7. The summed E-state index contributed by atoms with van der Waals surface area (Å²) in [4.78, 5) is 38.4. The molecule has 0 radical (unpaired) electrons. The summed E-state index contributed by atoms with van der Waals surface area (Å²) in [7, 11) is 0. The van der Waals surface area contributed by atoms with E-state index in [2.05, 4.69) is 41.5 Å². The number of H-pyrrole nitrogens is 1. The fraction of sp³-hybridized carbons (Fsp3) is 0.542. The summed E-state index contributed by atoms with van der Waals surface area (Å²) in [5.74, 6) is -0.900. The molecule has 33 heavy (non-hydrogen) atoms. The van der Waals surface area contributed by atoms with Crippen molar-refractivity contribution in [1.29, 1.82) is 0 Å². The summed E-state index contributed by atoms with van der Waals surface area (Å²) in [5, 5.41) is 2.95. The number of carbonyl (C=O) groups is 1. The topological polar surface area (TPSA) is 112 Å². The number of nitrogens with zero attached hydrogens (tertiary/aromatic N) is 1. The largest absolute Gasteiger partial charge is 0.371 e. The summed E-state index contributed by atoms with van der Waals surface area (Å²) in [6, 6.07) is 9.17. The molecule has 2 aliphatic heterocycles. The number of aromatic amines is 1. The molecule has 3 heterocycles. The van der Waals surface area contributed by atoms with E-state index < -0.39 is 41.4 Å². The van der Waals surface area contributed by atoms with Crippen molar-refractivity contribution in [1.82, 2.24) is 14.9 Å². The summed E-state index contributed by atoms with van der Waals surface area (Å²) in [6.07, 6.45) is 2.14. The number of carbonyl (C=O) groups excluding carboxylic acids is 1. The maximum absolute atomic E-state index is 12.4. The molecule has 1 aromatic heterocycles. The number of hydrogen-bond donors (Lipinski definition) is 2. The van der Waals surface area contributed by atoms with Crippen LogP contribution in [0.25, 0.3) is 0 Å². The molecular weight excluding hydrogens is 426 g/mol. The Morgan fingerprint density at radius 2 is 1.88 bits per heavy atom. The minimum Gasteiger partial charge on any atom is -0.371 e. The second-order valence-corrected chi connectivity index (χ2v) is 9.16. The molecule has 0 saturated carbocycles. The van der Waals surface area contributed by atoms with Crippen LogP contribution in [0.3, 0.4) is 0 Å². The Labute approximate surface area is 192 Å². The summed E-state index contributed by atoms with van der Waals surface area (Å²) >= 11 is 0. The number of aromatic nitrogens is 2. The summed E-state index contributed by atoms with van der Waals surface area (Å²) in [6.45, 7) is 6.14. The fourth-order valence-corrected chi connectivity index (χ4v) is 4.43. The predicted octanol–water partition coefficient (Wildman–Crippen LogP) is 1.44. The molecule has 9 heteroatoms. The Kier molecular flexibility index (Phi) is 6.83. The first-order valence-corrected chi connectivity index (χ1v) is 11.3. The number of aryl methyl sites for hydroxylation is 2. The molecular formula is C24H31N3O6. The van der Waals surface area contributed by atoms with Crippen LogP contribution in [0.4, 0.5) is 0 Å². The number of hydrogen-bond acceptors (Lipinski definition) is 6. The van der Waals surface area contributed by atoms with Crippen molar-refractivity contribution in [3.8, 4) is 0 Å². The second-order valence-electron chi connectivity index (χ2n) is 9.16. The number of ether oxygens (including phenoxy) is 3. The van der Waals surface area contributed by atoms with Crippen LogP contribution >= 0.6 is 0 Å². The zero-order chi connectivity index (χ0) is 23.6. The van der Waals surface area contributed by atoms with Crippen LogP contribution in [0.2, 0.25) is 0 Å². The lowest BCUT2D eigenvalue weighted by atomic mass is 9.97. The van der Waals surface area contributed by atoms with E-state index in [0.717, 1.165) is 12.8 Å². The first-order valence-electron chi connectivity index (χ1n) is 11.3. The van der Waals surface area contributed by atoms with E-state index in [1.165, 1.54) is 28.0 Å². The van der Waals surface area contributed by atoms with Crippen molar-refractivity contribution >= 4 is 5.91 Å². The van der Waals surface area contributed by atoms with Gasteiger partial charge < -0.3 is 19.5 Å². The van der Waals surface area contributed by atoms with Crippen LogP contribution in [0.1, 0.15) is 43.9 Å². The first kappa shape index (κ1) is 23.4. The van der Waals surface area contributed by atoms with Crippen LogP contribution in [0.15, 0.2) is 46.1 Å². The molecule has 1 aromatic carbocycles. The van der Waals surface area contributed by atoms with Gasteiger partial charge in [0.25, 0.3) is 5.56 Å². The molecule has 4 atom stereocenters. The third-order valence-electron chi connectivity index (χ3n) is 6.09. The standard InChI is InChI=1S/C24H31N3O6/c1-15-7-9-16(10-8-15)5-4-6-19(28)25-13-18-22-21(32-24(2,3)33-22)17(14-31-18)27-12-11-20(29)26-23(27)30/h7-12,17-18,21-22H,4-6,13-14H2,1-3H3,(H,25,28)(H,26,29,30)/t17-,18-,21+,22-/m1/s1. The average Bonchev–Trinajstić information content (AvgIpc) is 3.09. The molecule has 2 fully saturated rings. The van der Waals surface area contributed by atoms with Crippen LogP contribution in [0, 0.1) is 6.92 Å². The van der Waals surface area contributed by atoms with Gasteiger partial charge in [-0.25, -0.2) is 4.79 Å². The zero-order valence-electron chi connectivity index (χ0n) is 19.2. The van der Waals surface area contributed by atoms with Crippen LogP contribution in [-0.4, -0.2) is 52.7 Å². The molecule has 4 rings (SSSR count). The van der Waals surface area contributed by atoms with Crippen molar-refractivity contribution in [3.63, 3.8) is 0 Å². The Morgan fingerprint density at radius 3 is 2.61 bits per heavy atom. The van der Waals surface area contributed by atoms with E-state index in [1.807, 2.05) is 0 Å². The van der Waals surface area contributed by atoms with Gasteiger partial charge in [-0.1, -0.05) is 29.8 Å². The number of amides is 1. The van der Waals surface area contributed by atoms with Gasteiger partial charge in [-0.3, -0.25) is 19.1 Å². The number of rotatable bonds is 7. The normalized spacial score (nSPS) is 26.0. The van der Waals surface area contributed by atoms with Gasteiger partial charge >= 0.3 is 5.69 Å². The van der Waals surface area contributed by atoms with Crippen molar-refractivity contribution in [2.24, 2.45) is 0 Å². The highest BCUT2D eigenvalue weighted by molar-refractivity contribution is 5.75. The molecule has 2 aromatic rings. The van der Waals surface area contributed by atoms with Gasteiger partial charge in [-0.15, -0.1) is 0 Å². The quantitative estimate of drug-likeness (QED) is 0.651. The molecule has 0 aliphatic carbocycles. The monoisotopic (exact) mass is 457 g/mol. The highest BCUT2D eigenvalue weighted by atomic mass is 16.8. The molecule has 2 N–H and O–H groups in total. The minimum atomic E-state index is -0.858. The van der Waals surface area contributed by atoms with Crippen molar-refractivity contribution in [3.05, 3.63) is 68.5 Å². The molecule has 1 amide bonds. The molecule has 0 unspecified atom stereocenters. The lowest BCUT2D eigenvalue weighted by Gasteiger charge is -2.37.